The Morgan fingerprint density at radius 3 is 2.75 bits per heavy atom. The van der Waals surface area contributed by atoms with Gasteiger partial charge in [-0.15, -0.1) is 0 Å². The van der Waals surface area contributed by atoms with Crippen LogP contribution in [-0.4, -0.2) is 27.4 Å². The molecule has 90 valence electrons. The smallest absolute Gasteiger partial charge is 0.119 e. The summed E-state index contributed by atoms with van der Waals surface area (Å²) in [5, 5.41) is 0. The Kier molecular flexibility index (Phi) is 5.90. The Balaban J connectivity index is 2.55. The van der Waals surface area contributed by atoms with Crippen LogP contribution in [0.15, 0.2) is 24.3 Å². The average Bonchev–Trinajstić information content (AvgIpc) is 2.34. The third-order valence-electron chi connectivity index (χ3n) is 2.72. The Morgan fingerprint density at radius 1 is 1.31 bits per heavy atom. The van der Waals surface area contributed by atoms with Crippen molar-refractivity contribution >= 4 is 0 Å². The molecule has 0 spiro atoms. The highest BCUT2D eigenvalue weighted by Crippen LogP contribution is 2.17. The monoisotopic (exact) mass is 223 g/mol. The number of rotatable bonds is 7. The van der Waals surface area contributed by atoms with E-state index in [1.807, 2.05) is 12.1 Å². The first-order valence-corrected chi connectivity index (χ1v) is 5.62. The molecule has 1 aromatic rings. The molecule has 0 fully saturated rings. The maximum Gasteiger partial charge on any atom is 0.119 e. The minimum absolute atomic E-state index is 0.479. The standard InChI is InChI=1S/C13H21NO2/c1-15-7-6-12(10-14)8-11-4-3-5-13(9-11)16-2/h3-5,9,12H,6-8,10,14H2,1-2H3. The van der Waals surface area contributed by atoms with E-state index in [9.17, 15) is 0 Å². The number of nitrogens with two attached hydrogens (primary N) is 1. The van der Waals surface area contributed by atoms with Crippen molar-refractivity contribution in [2.24, 2.45) is 11.7 Å². The first-order chi connectivity index (χ1) is 7.80. The topological polar surface area (TPSA) is 44.5 Å². The van der Waals surface area contributed by atoms with Gasteiger partial charge in [-0.05, 0) is 43.0 Å². The molecule has 1 aromatic carbocycles. The molecule has 0 aliphatic carbocycles. The second-order valence-corrected chi connectivity index (χ2v) is 3.94. The zero-order valence-electron chi connectivity index (χ0n) is 10.1. The predicted octanol–water partition coefficient (Wildman–Crippen LogP) is 1.85. The minimum atomic E-state index is 0.479. The lowest BCUT2D eigenvalue weighted by Gasteiger charge is -2.14. The highest BCUT2D eigenvalue weighted by atomic mass is 16.5. The Bertz CT molecular complexity index is 302. The van der Waals surface area contributed by atoms with E-state index in [-0.39, 0.29) is 0 Å². The lowest BCUT2D eigenvalue weighted by molar-refractivity contribution is 0.178. The van der Waals surface area contributed by atoms with E-state index >= 15 is 0 Å². The van der Waals surface area contributed by atoms with Crippen LogP contribution in [0.4, 0.5) is 0 Å². The number of benzene rings is 1. The summed E-state index contributed by atoms with van der Waals surface area (Å²) >= 11 is 0. The number of hydrogen-bond donors (Lipinski definition) is 1. The lowest BCUT2D eigenvalue weighted by atomic mass is 9.96. The molecule has 0 aliphatic heterocycles. The van der Waals surface area contributed by atoms with Crippen molar-refractivity contribution in [2.45, 2.75) is 12.8 Å². The van der Waals surface area contributed by atoms with Gasteiger partial charge in [0.25, 0.3) is 0 Å². The van der Waals surface area contributed by atoms with Crippen LogP contribution in [0, 0.1) is 5.92 Å². The zero-order valence-corrected chi connectivity index (χ0v) is 10.1. The van der Waals surface area contributed by atoms with Crippen molar-refractivity contribution in [3.8, 4) is 5.75 Å². The van der Waals surface area contributed by atoms with E-state index in [0.717, 1.165) is 25.2 Å². The fourth-order valence-electron chi connectivity index (χ4n) is 1.72. The molecular formula is C13H21NO2. The molecule has 0 bridgehead atoms. The molecule has 0 heterocycles. The van der Waals surface area contributed by atoms with Gasteiger partial charge >= 0.3 is 0 Å². The maximum atomic E-state index is 5.75. The molecule has 1 unspecified atom stereocenters. The summed E-state index contributed by atoms with van der Waals surface area (Å²) < 4.78 is 10.3. The van der Waals surface area contributed by atoms with Crippen molar-refractivity contribution in [1.82, 2.24) is 0 Å². The molecule has 3 heteroatoms. The van der Waals surface area contributed by atoms with Gasteiger partial charge in [0.05, 0.1) is 7.11 Å². The normalized spacial score (nSPS) is 12.4. The molecule has 1 rings (SSSR count). The van der Waals surface area contributed by atoms with Gasteiger partial charge in [-0.1, -0.05) is 12.1 Å². The van der Waals surface area contributed by atoms with Crippen molar-refractivity contribution in [3.63, 3.8) is 0 Å². The average molecular weight is 223 g/mol. The third kappa shape index (κ3) is 4.21. The summed E-state index contributed by atoms with van der Waals surface area (Å²) in [5.41, 5.74) is 7.01. The number of hydrogen-bond acceptors (Lipinski definition) is 3. The van der Waals surface area contributed by atoms with E-state index in [1.54, 1.807) is 14.2 Å². The lowest BCUT2D eigenvalue weighted by Crippen LogP contribution is -2.18. The molecule has 0 saturated heterocycles. The summed E-state index contributed by atoms with van der Waals surface area (Å²) in [6, 6.07) is 8.14. The quantitative estimate of drug-likeness (QED) is 0.767. The van der Waals surface area contributed by atoms with Crippen LogP contribution < -0.4 is 10.5 Å². The van der Waals surface area contributed by atoms with Crippen molar-refractivity contribution < 1.29 is 9.47 Å². The summed E-state index contributed by atoms with van der Waals surface area (Å²) in [6.07, 6.45) is 1.99. The van der Waals surface area contributed by atoms with Gasteiger partial charge in [-0.2, -0.15) is 0 Å². The van der Waals surface area contributed by atoms with Gasteiger partial charge < -0.3 is 15.2 Å². The fourth-order valence-corrected chi connectivity index (χ4v) is 1.72. The van der Waals surface area contributed by atoms with Crippen LogP contribution in [0.2, 0.25) is 0 Å². The predicted molar refractivity (Wildman–Crippen MR) is 65.7 cm³/mol. The SMILES string of the molecule is COCCC(CN)Cc1cccc(OC)c1. The van der Waals surface area contributed by atoms with E-state index < -0.39 is 0 Å². The summed E-state index contributed by atoms with van der Waals surface area (Å²) in [6.45, 7) is 1.46. The van der Waals surface area contributed by atoms with Gasteiger partial charge in [0, 0.05) is 13.7 Å². The highest BCUT2D eigenvalue weighted by molar-refractivity contribution is 5.28. The highest BCUT2D eigenvalue weighted by Gasteiger charge is 2.08. The molecule has 0 aliphatic rings. The fraction of sp³-hybridized carbons (Fsp3) is 0.538. The summed E-state index contributed by atoms with van der Waals surface area (Å²) in [5.74, 6) is 1.38. The van der Waals surface area contributed by atoms with Gasteiger partial charge in [-0.3, -0.25) is 0 Å². The molecule has 2 N–H and O–H groups in total. The van der Waals surface area contributed by atoms with Crippen molar-refractivity contribution in [3.05, 3.63) is 29.8 Å². The van der Waals surface area contributed by atoms with Crippen LogP contribution >= 0.6 is 0 Å². The first-order valence-electron chi connectivity index (χ1n) is 5.62. The second-order valence-electron chi connectivity index (χ2n) is 3.94. The van der Waals surface area contributed by atoms with Crippen LogP contribution in [0.25, 0.3) is 0 Å². The molecule has 0 amide bonds. The van der Waals surface area contributed by atoms with E-state index in [1.165, 1.54) is 5.56 Å². The second kappa shape index (κ2) is 7.25. The van der Waals surface area contributed by atoms with E-state index in [2.05, 4.69) is 12.1 Å². The third-order valence-corrected chi connectivity index (χ3v) is 2.72. The summed E-state index contributed by atoms with van der Waals surface area (Å²) in [7, 11) is 3.41. The molecule has 0 aromatic heterocycles. The molecule has 0 radical (unpaired) electrons. The number of ether oxygens (including phenoxy) is 2. The molecule has 16 heavy (non-hydrogen) atoms. The van der Waals surface area contributed by atoms with Gasteiger partial charge in [0.1, 0.15) is 5.75 Å². The van der Waals surface area contributed by atoms with Crippen LogP contribution in [0.3, 0.4) is 0 Å². The van der Waals surface area contributed by atoms with Crippen molar-refractivity contribution in [1.29, 1.82) is 0 Å². The molecule has 1 atom stereocenters. The Hall–Kier alpha value is -1.06. The largest absolute Gasteiger partial charge is 0.497 e. The summed E-state index contributed by atoms with van der Waals surface area (Å²) in [4.78, 5) is 0. The van der Waals surface area contributed by atoms with Crippen molar-refractivity contribution in [2.75, 3.05) is 27.4 Å². The van der Waals surface area contributed by atoms with Gasteiger partial charge in [-0.25, -0.2) is 0 Å². The molecular weight excluding hydrogens is 202 g/mol. The minimum Gasteiger partial charge on any atom is -0.497 e. The zero-order chi connectivity index (χ0) is 11.8. The van der Waals surface area contributed by atoms with Crippen LogP contribution in [0.1, 0.15) is 12.0 Å². The maximum absolute atomic E-state index is 5.75. The van der Waals surface area contributed by atoms with Gasteiger partial charge in [0.2, 0.25) is 0 Å². The molecule has 0 saturated carbocycles. The van der Waals surface area contributed by atoms with E-state index in [4.69, 9.17) is 15.2 Å². The van der Waals surface area contributed by atoms with Gasteiger partial charge in [0.15, 0.2) is 0 Å². The van der Waals surface area contributed by atoms with Crippen LogP contribution in [-0.2, 0) is 11.2 Å². The Labute approximate surface area is 97.6 Å². The number of methoxy groups -OCH3 is 2. The molecule has 3 nitrogen and oxygen atoms in total. The first kappa shape index (κ1) is 13.0. The van der Waals surface area contributed by atoms with E-state index in [0.29, 0.717) is 12.5 Å². The van der Waals surface area contributed by atoms with Crippen LogP contribution in [0.5, 0.6) is 5.75 Å². The Morgan fingerprint density at radius 2 is 2.12 bits per heavy atom.